The molecule has 84 valence electrons. The Morgan fingerprint density at radius 3 is 2.88 bits per heavy atom. The molecule has 3 nitrogen and oxygen atoms in total. The van der Waals surface area contributed by atoms with E-state index >= 15 is 0 Å². The smallest absolute Gasteiger partial charge is 0.168 e. The van der Waals surface area contributed by atoms with Gasteiger partial charge in [0.25, 0.3) is 0 Å². The van der Waals surface area contributed by atoms with Crippen LogP contribution in [0.5, 0.6) is 0 Å². The van der Waals surface area contributed by atoms with Crippen LogP contribution in [0, 0.1) is 12.7 Å². The molecule has 0 saturated heterocycles. The molecule has 1 aromatic heterocycles. The Hall–Kier alpha value is -1.49. The molecule has 5 heteroatoms. The molecular formula is C11H12FN3S. The minimum atomic E-state index is -0.197. The van der Waals surface area contributed by atoms with Crippen molar-refractivity contribution in [3.8, 4) is 11.3 Å². The second-order valence-corrected chi connectivity index (χ2v) is 3.98. The SMILES string of the molecule is CCNc1nsnc1-c1ccc(F)c(C)c1. The first-order valence-electron chi connectivity index (χ1n) is 5.05. The topological polar surface area (TPSA) is 37.8 Å². The lowest BCUT2D eigenvalue weighted by molar-refractivity contribution is 0.619. The van der Waals surface area contributed by atoms with Crippen molar-refractivity contribution >= 4 is 17.5 Å². The third kappa shape index (κ3) is 2.04. The number of nitrogens with zero attached hydrogens (tertiary/aromatic N) is 2. The normalized spacial score (nSPS) is 10.4. The molecule has 0 atom stereocenters. The first kappa shape index (κ1) is 11.0. The largest absolute Gasteiger partial charge is 0.368 e. The number of halogens is 1. The summed E-state index contributed by atoms with van der Waals surface area (Å²) in [6, 6.07) is 4.96. The Balaban J connectivity index is 2.42. The lowest BCUT2D eigenvalue weighted by atomic mass is 10.1. The highest BCUT2D eigenvalue weighted by atomic mass is 32.1. The van der Waals surface area contributed by atoms with Crippen LogP contribution < -0.4 is 5.32 Å². The van der Waals surface area contributed by atoms with Crippen molar-refractivity contribution < 1.29 is 4.39 Å². The molecule has 0 aliphatic carbocycles. The molecule has 0 unspecified atom stereocenters. The van der Waals surface area contributed by atoms with Crippen molar-refractivity contribution in [2.75, 3.05) is 11.9 Å². The van der Waals surface area contributed by atoms with Gasteiger partial charge in [0.1, 0.15) is 11.5 Å². The van der Waals surface area contributed by atoms with E-state index in [-0.39, 0.29) is 5.82 Å². The van der Waals surface area contributed by atoms with E-state index in [2.05, 4.69) is 14.1 Å². The quantitative estimate of drug-likeness (QED) is 0.891. The van der Waals surface area contributed by atoms with Gasteiger partial charge < -0.3 is 5.32 Å². The first-order valence-corrected chi connectivity index (χ1v) is 5.78. The summed E-state index contributed by atoms with van der Waals surface area (Å²) in [5.41, 5.74) is 2.30. The van der Waals surface area contributed by atoms with Crippen molar-refractivity contribution in [1.82, 2.24) is 8.75 Å². The molecule has 0 aliphatic rings. The molecule has 0 radical (unpaired) electrons. The van der Waals surface area contributed by atoms with Crippen molar-refractivity contribution in [3.05, 3.63) is 29.6 Å². The predicted molar refractivity (Wildman–Crippen MR) is 64.2 cm³/mol. The highest BCUT2D eigenvalue weighted by molar-refractivity contribution is 6.99. The molecule has 0 spiro atoms. The van der Waals surface area contributed by atoms with Crippen LogP contribution in [0.3, 0.4) is 0 Å². The second-order valence-electron chi connectivity index (χ2n) is 3.46. The fraction of sp³-hybridized carbons (Fsp3) is 0.273. The molecule has 1 aromatic carbocycles. The predicted octanol–water partition coefficient (Wildman–Crippen LogP) is 3.08. The van der Waals surface area contributed by atoms with Crippen molar-refractivity contribution in [3.63, 3.8) is 0 Å². The molecular weight excluding hydrogens is 225 g/mol. The zero-order valence-electron chi connectivity index (χ0n) is 9.12. The second kappa shape index (κ2) is 4.57. The highest BCUT2D eigenvalue weighted by Gasteiger charge is 2.10. The van der Waals surface area contributed by atoms with Gasteiger partial charge >= 0.3 is 0 Å². The summed E-state index contributed by atoms with van der Waals surface area (Å²) in [4.78, 5) is 0. The molecule has 2 aromatic rings. The third-order valence-corrected chi connectivity index (χ3v) is 2.79. The van der Waals surface area contributed by atoms with E-state index in [0.717, 1.165) is 35.3 Å². The average molecular weight is 237 g/mol. The maximum Gasteiger partial charge on any atom is 0.168 e. The summed E-state index contributed by atoms with van der Waals surface area (Å²) in [7, 11) is 0. The minimum Gasteiger partial charge on any atom is -0.368 e. The average Bonchev–Trinajstić information content (AvgIpc) is 2.71. The summed E-state index contributed by atoms with van der Waals surface area (Å²) in [5.74, 6) is 0.565. The first-order chi connectivity index (χ1) is 7.72. The molecule has 0 fully saturated rings. The molecule has 1 N–H and O–H groups in total. The van der Waals surface area contributed by atoms with Gasteiger partial charge in [0.2, 0.25) is 0 Å². The number of aryl methyl sites for hydroxylation is 1. The van der Waals surface area contributed by atoms with E-state index in [1.807, 2.05) is 6.92 Å². The monoisotopic (exact) mass is 237 g/mol. The number of anilines is 1. The van der Waals surface area contributed by atoms with Crippen LogP contribution in [0.25, 0.3) is 11.3 Å². The summed E-state index contributed by atoms with van der Waals surface area (Å²) < 4.78 is 21.5. The summed E-state index contributed by atoms with van der Waals surface area (Å²) >= 11 is 1.15. The molecule has 16 heavy (non-hydrogen) atoms. The van der Waals surface area contributed by atoms with Gasteiger partial charge in [-0.3, -0.25) is 0 Å². The van der Waals surface area contributed by atoms with Gasteiger partial charge in [-0.1, -0.05) is 0 Å². The van der Waals surface area contributed by atoms with Crippen LogP contribution in [-0.2, 0) is 0 Å². The number of aromatic nitrogens is 2. The summed E-state index contributed by atoms with van der Waals surface area (Å²) in [6.07, 6.45) is 0. The third-order valence-electron chi connectivity index (χ3n) is 2.26. The van der Waals surface area contributed by atoms with Crippen LogP contribution >= 0.6 is 11.7 Å². The van der Waals surface area contributed by atoms with E-state index in [4.69, 9.17) is 0 Å². The molecule has 0 aliphatic heterocycles. The van der Waals surface area contributed by atoms with Crippen LogP contribution in [0.1, 0.15) is 12.5 Å². The zero-order chi connectivity index (χ0) is 11.5. The van der Waals surface area contributed by atoms with Gasteiger partial charge in [0, 0.05) is 12.1 Å². The molecule has 2 rings (SSSR count). The van der Waals surface area contributed by atoms with Crippen LogP contribution in [0.2, 0.25) is 0 Å². The number of hydrogen-bond donors (Lipinski definition) is 1. The van der Waals surface area contributed by atoms with Crippen LogP contribution in [0.4, 0.5) is 10.2 Å². The molecule has 0 amide bonds. The van der Waals surface area contributed by atoms with Gasteiger partial charge in [0.05, 0.1) is 11.7 Å². The van der Waals surface area contributed by atoms with Crippen molar-refractivity contribution in [2.45, 2.75) is 13.8 Å². The Labute approximate surface area is 97.7 Å². The van der Waals surface area contributed by atoms with Gasteiger partial charge in [-0.15, -0.1) is 0 Å². The summed E-state index contributed by atoms with van der Waals surface area (Å²) in [6.45, 7) is 4.53. The molecule has 1 heterocycles. The van der Waals surface area contributed by atoms with E-state index < -0.39 is 0 Å². The van der Waals surface area contributed by atoms with Gasteiger partial charge in [-0.05, 0) is 37.6 Å². The number of nitrogens with one attached hydrogen (secondary N) is 1. The number of benzene rings is 1. The lowest BCUT2D eigenvalue weighted by Crippen LogP contribution is -1.98. The Bertz CT molecular complexity index is 496. The standard InChI is InChI=1S/C11H12FN3S/c1-3-13-11-10(14-16-15-11)8-4-5-9(12)7(2)6-8/h4-6H,3H2,1-2H3,(H,13,15). The van der Waals surface area contributed by atoms with Crippen LogP contribution in [0.15, 0.2) is 18.2 Å². The zero-order valence-corrected chi connectivity index (χ0v) is 9.94. The Kier molecular flexibility index (Phi) is 3.14. The molecule has 0 bridgehead atoms. The number of rotatable bonds is 3. The van der Waals surface area contributed by atoms with Crippen LogP contribution in [-0.4, -0.2) is 15.3 Å². The van der Waals surface area contributed by atoms with Gasteiger partial charge in [-0.2, -0.15) is 8.75 Å². The van der Waals surface area contributed by atoms with E-state index in [9.17, 15) is 4.39 Å². The van der Waals surface area contributed by atoms with E-state index in [0.29, 0.717) is 5.56 Å². The summed E-state index contributed by atoms with van der Waals surface area (Å²) in [5, 5.41) is 3.13. The Morgan fingerprint density at radius 2 is 2.19 bits per heavy atom. The van der Waals surface area contributed by atoms with Gasteiger partial charge in [0.15, 0.2) is 5.82 Å². The maximum atomic E-state index is 13.1. The van der Waals surface area contributed by atoms with Crippen molar-refractivity contribution in [1.29, 1.82) is 0 Å². The lowest BCUT2D eigenvalue weighted by Gasteiger charge is -2.03. The highest BCUT2D eigenvalue weighted by Crippen LogP contribution is 2.27. The maximum absolute atomic E-state index is 13.1. The van der Waals surface area contributed by atoms with Gasteiger partial charge in [-0.25, -0.2) is 4.39 Å². The van der Waals surface area contributed by atoms with E-state index in [1.165, 1.54) is 6.07 Å². The molecule has 0 saturated carbocycles. The number of hydrogen-bond acceptors (Lipinski definition) is 4. The fourth-order valence-corrected chi connectivity index (χ4v) is 2.00. The Morgan fingerprint density at radius 1 is 1.38 bits per heavy atom. The minimum absolute atomic E-state index is 0.197. The fourth-order valence-electron chi connectivity index (χ4n) is 1.45. The van der Waals surface area contributed by atoms with Crippen molar-refractivity contribution in [2.24, 2.45) is 0 Å². The van der Waals surface area contributed by atoms with E-state index in [1.54, 1.807) is 19.1 Å².